The minimum absolute atomic E-state index is 0.452. The van der Waals surface area contributed by atoms with Crippen LogP contribution in [0.15, 0.2) is 22.7 Å². The number of alkyl halides is 1. The Labute approximate surface area is 86.3 Å². The molecule has 1 rings (SSSR count). The molecule has 0 spiro atoms. The molecule has 1 aromatic rings. The Hall–Kier alpha value is -0.810. The SMILES string of the molecule is C#Cc1cccc([C](C)CF)c1Br. The first-order valence-corrected chi connectivity index (χ1v) is 4.64. The van der Waals surface area contributed by atoms with Crippen molar-refractivity contribution in [2.45, 2.75) is 6.92 Å². The van der Waals surface area contributed by atoms with Crippen LogP contribution in [-0.4, -0.2) is 6.67 Å². The molecule has 0 nitrogen and oxygen atoms in total. The molecule has 2 heteroatoms. The molecule has 0 fully saturated rings. The molecule has 1 radical (unpaired) electrons. The molecular weight excluding hydrogens is 231 g/mol. The fraction of sp³-hybridized carbons (Fsp3) is 0.182. The molecular formula is C11H9BrF. The van der Waals surface area contributed by atoms with E-state index in [0.717, 1.165) is 15.6 Å². The Morgan fingerprint density at radius 3 is 2.85 bits per heavy atom. The zero-order valence-corrected chi connectivity index (χ0v) is 8.86. The molecule has 0 aliphatic heterocycles. The van der Waals surface area contributed by atoms with Gasteiger partial charge in [-0.1, -0.05) is 25.0 Å². The van der Waals surface area contributed by atoms with Crippen molar-refractivity contribution in [1.29, 1.82) is 0 Å². The van der Waals surface area contributed by atoms with Gasteiger partial charge in [-0.05, 0) is 27.6 Å². The zero-order chi connectivity index (χ0) is 9.84. The lowest BCUT2D eigenvalue weighted by Crippen LogP contribution is -1.98. The van der Waals surface area contributed by atoms with Gasteiger partial charge < -0.3 is 0 Å². The van der Waals surface area contributed by atoms with Gasteiger partial charge in [0.1, 0.15) is 0 Å². The van der Waals surface area contributed by atoms with Gasteiger partial charge in [0.2, 0.25) is 0 Å². The van der Waals surface area contributed by atoms with Crippen LogP contribution in [-0.2, 0) is 0 Å². The number of halogens is 2. The van der Waals surface area contributed by atoms with Crippen molar-refractivity contribution in [1.82, 2.24) is 0 Å². The molecule has 0 atom stereocenters. The average molecular weight is 240 g/mol. The fourth-order valence-electron chi connectivity index (χ4n) is 1.05. The van der Waals surface area contributed by atoms with Gasteiger partial charge >= 0.3 is 0 Å². The summed E-state index contributed by atoms with van der Waals surface area (Å²) < 4.78 is 13.2. The van der Waals surface area contributed by atoms with Crippen molar-refractivity contribution < 1.29 is 4.39 Å². The van der Waals surface area contributed by atoms with Gasteiger partial charge in [0.25, 0.3) is 0 Å². The Balaban J connectivity index is 3.17. The lowest BCUT2D eigenvalue weighted by atomic mass is 10.0. The summed E-state index contributed by atoms with van der Waals surface area (Å²) >= 11 is 3.35. The van der Waals surface area contributed by atoms with E-state index in [1.807, 2.05) is 18.2 Å². The first-order valence-electron chi connectivity index (χ1n) is 3.84. The molecule has 1 aromatic carbocycles. The third-order valence-electron chi connectivity index (χ3n) is 1.81. The minimum atomic E-state index is -0.452. The van der Waals surface area contributed by atoms with Crippen molar-refractivity contribution in [2.75, 3.05) is 6.67 Å². The van der Waals surface area contributed by atoms with Gasteiger partial charge in [-0.3, -0.25) is 4.39 Å². The quantitative estimate of drug-likeness (QED) is 0.695. The van der Waals surface area contributed by atoms with Crippen LogP contribution in [0.3, 0.4) is 0 Å². The van der Waals surface area contributed by atoms with E-state index in [2.05, 4.69) is 21.9 Å². The molecule has 0 aromatic heterocycles. The summed E-state index contributed by atoms with van der Waals surface area (Å²) in [6.07, 6.45) is 5.28. The molecule has 0 N–H and O–H groups in total. The standard InChI is InChI=1S/C11H9BrF/c1-3-9-5-4-6-10(11(9)12)8(2)7-13/h1,4-6H,7H2,2H3. The summed E-state index contributed by atoms with van der Waals surface area (Å²) in [4.78, 5) is 0. The number of hydrogen-bond acceptors (Lipinski definition) is 0. The molecule has 67 valence electrons. The van der Waals surface area contributed by atoms with Crippen molar-refractivity contribution in [3.63, 3.8) is 0 Å². The van der Waals surface area contributed by atoms with Crippen molar-refractivity contribution >= 4 is 15.9 Å². The second-order valence-electron chi connectivity index (χ2n) is 2.73. The van der Waals surface area contributed by atoms with Crippen LogP contribution < -0.4 is 0 Å². The van der Waals surface area contributed by atoms with Gasteiger partial charge in [0.05, 0.1) is 6.67 Å². The summed E-state index contributed by atoms with van der Waals surface area (Å²) in [6, 6.07) is 5.49. The zero-order valence-electron chi connectivity index (χ0n) is 7.27. The van der Waals surface area contributed by atoms with E-state index in [-0.39, 0.29) is 0 Å². The molecule has 0 unspecified atom stereocenters. The summed E-state index contributed by atoms with van der Waals surface area (Å²) in [7, 11) is 0. The number of benzene rings is 1. The van der Waals surface area contributed by atoms with Gasteiger partial charge in [-0.25, -0.2) is 0 Å². The molecule has 0 amide bonds. The molecule has 0 aliphatic carbocycles. The molecule has 0 saturated carbocycles. The van der Waals surface area contributed by atoms with Gasteiger partial charge in [-0.15, -0.1) is 6.42 Å². The Bertz CT molecular complexity index is 338. The summed E-state index contributed by atoms with van der Waals surface area (Å²) in [6.45, 7) is 1.30. The van der Waals surface area contributed by atoms with Gasteiger partial charge in [-0.2, -0.15) is 0 Å². The Morgan fingerprint density at radius 2 is 2.31 bits per heavy atom. The Morgan fingerprint density at radius 1 is 1.62 bits per heavy atom. The first-order chi connectivity index (χ1) is 6.20. The fourth-order valence-corrected chi connectivity index (χ4v) is 1.76. The van der Waals surface area contributed by atoms with Crippen LogP contribution in [0.4, 0.5) is 4.39 Å². The highest BCUT2D eigenvalue weighted by molar-refractivity contribution is 9.10. The third-order valence-corrected chi connectivity index (χ3v) is 2.67. The second kappa shape index (κ2) is 4.43. The van der Waals surface area contributed by atoms with E-state index in [0.29, 0.717) is 5.92 Å². The van der Waals surface area contributed by atoms with Crippen LogP contribution in [0.1, 0.15) is 18.1 Å². The minimum Gasteiger partial charge on any atom is -0.250 e. The normalized spacial score (nSPS) is 10.1. The summed E-state index contributed by atoms with van der Waals surface area (Å²) in [5, 5.41) is 0. The van der Waals surface area contributed by atoms with Crippen LogP contribution in [0.5, 0.6) is 0 Å². The summed E-state index contributed by atoms with van der Waals surface area (Å²) in [5.74, 6) is 3.22. The molecule has 0 bridgehead atoms. The Kier molecular flexibility index (Phi) is 3.50. The maximum Gasteiger partial charge on any atom is 0.0998 e. The third kappa shape index (κ3) is 2.10. The topological polar surface area (TPSA) is 0 Å². The second-order valence-corrected chi connectivity index (χ2v) is 3.52. The van der Waals surface area contributed by atoms with Gasteiger partial charge in [0, 0.05) is 16.0 Å². The van der Waals surface area contributed by atoms with Crippen LogP contribution in [0.2, 0.25) is 0 Å². The van der Waals surface area contributed by atoms with E-state index in [1.165, 1.54) is 0 Å². The monoisotopic (exact) mass is 239 g/mol. The number of rotatable bonds is 2. The van der Waals surface area contributed by atoms with E-state index in [4.69, 9.17) is 6.42 Å². The molecule has 13 heavy (non-hydrogen) atoms. The highest BCUT2D eigenvalue weighted by atomic mass is 79.9. The highest BCUT2D eigenvalue weighted by Crippen LogP contribution is 2.27. The largest absolute Gasteiger partial charge is 0.250 e. The lowest BCUT2D eigenvalue weighted by molar-refractivity contribution is 0.515. The predicted octanol–water partition coefficient (Wildman–Crippen LogP) is 3.34. The van der Waals surface area contributed by atoms with Crippen LogP contribution >= 0.6 is 15.9 Å². The molecule has 0 aliphatic rings. The molecule has 0 saturated heterocycles. The maximum atomic E-state index is 12.4. The first kappa shape index (κ1) is 10.3. The smallest absolute Gasteiger partial charge is 0.0998 e. The predicted molar refractivity (Wildman–Crippen MR) is 56.1 cm³/mol. The van der Waals surface area contributed by atoms with Crippen molar-refractivity contribution in [2.24, 2.45) is 0 Å². The van der Waals surface area contributed by atoms with E-state index in [9.17, 15) is 4.39 Å². The number of terminal acetylenes is 1. The van der Waals surface area contributed by atoms with E-state index in [1.54, 1.807) is 6.92 Å². The van der Waals surface area contributed by atoms with Crippen LogP contribution in [0.25, 0.3) is 0 Å². The van der Waals surface area contributed by atoms with E-state index >= 15 is 0 Å². The van der Waals surface area contributed by atoms with Crippen LogP contribution in [0, 0.1) is 18.3 Å². The maximum absolute atomic E-state index is 12.4. The van der Waals surface area contributed by atoms with Gasteiger partial charge in [0.15, 0.2) is 0 Å². The van der Waals surface area contributed by atoms with E-state index < -0.39 is 6.67 Å². The number of hydrogen-bond donors (Lipinski definition) is 0. The van der Waals surface area contributed by atoms with Crippen molar-refractivity contribution in [3.05, 3.63) is 39.7 Å². The average Bonchev–Trinajstić information content (AvgIpc) is 2.17. The highest BCUT2D eigenvalue weighted by Gasteiger charge is 2.11. The molecule has 0 heterocycles. The lowest BCUT2D eigenvalue weighted by Gasteiger charge is -2.09. The summed E-state index contributed by atoms with van der Waals surface area (Å²) in [5.41, 5.74) is 1.60. The van der Waals surface area contributed by atoms with Crippen molar-refractivity contribution in [3.8, 4) is 12.3 Å².